The summed E-state index contributed by atoms with van der Waals surface area (Å²) < 4.78 is 33.5. The third-order valence-electron chi connectivity index (χ3n) is 3.61. The van der Waals surface area contributed by atoms with Crippen molar-refractivity contribution in [1.29, 1.82) is 0 Å². The zero-order valence-electron chi connectivity index (χ0n) is 13.9. The molecule has 1 N–H and O–H groups in total. The third-order valence-corrected chi connectivity index (χ3v) is 5.76. The zero-order valence-corrected chi connectivity index (χ0v) is 16.2. The molecular formula is C17H13Cl2N3O4S. The van der Waals surface area contributed by atoms with Crippen molar-refractivity contribution in [1.82, 2.24) is 9.78 Å². The maximum absolute atomic E-state index is 12.5. The molecule has 0 saturated carbocycles. The van der Waals surface area contributed by atoms with Gasteiger partial charge in [-0.05, 0) is 48.5 Å². The van der Waals surface area contributed by atoms with E-state index < -0.39 is 15.6 Å². The number of hydrogen-bond donors (Lipinski definition) is 1. The Morgan fingerprint density at radius 2 is 1.67 bits per heavy atom. The van der Waals surface area contributed by atoms with Crippen LogP contribution in [0, 0.1) is 0 Å². The molecule has 0 radical (unpaired) electrons. The van der Waals surface area contributed by atoms with Crippen LogP contribution in [0.4, 0.5) is 5.69 Å². The van der Waals surface area contributed by atoms with Crippen molar-refractivity contribution >= 4 is 38.9 Å². The molecule has 3 rings (SSSR count). The van der Waals surface area contributed by atoms with Crippen molar-refractivity contribution in [3.63, 3.8) is 0 Å². The van der Waals surface area contributed by atoms with E-state index >= 15 is 0 Å². The van der Waals surface area contributed by atoms with E-state index in [-0.39, 0.29) is 14.9 Å². The molecule has 0 aliphatic carbocycles. The maximum Gasteiger partial charge on any atom is 0.291 e. The highest BCUT2D eigenvalue weighted by Gasteiger charge is 2.15. The van der Waals surface area contributed by atoms with E-state index in [1.807, 2.05) is 0 Å². The summed E-state index contributed by atoms with van der Waals surface area (Å²) in [6, 6.07) is 12.1. The smallest absolute Gasteiger partial charge is 0.291 e. The highest BCUT2D eigenvalue weighted by Crippen LogP contribution is 2.21. The molecule has 0 spiro atoms. The summed E-state index contributed by atoms with van der Waals surface area (Å²) in [6.07, 6.45) is 1.24. The molecule has 1 heterocycles. The number of methoxy groups -OCH3 is 1. The summed E-state index contributed by atoms with van der Waals surface area (Å²) in [4.78, 5) is 12.1. The van der Waals surface area contributed by atoms with Gasteiger partial charge in [0.1, 0.15) is 10.8 Å². The van der Waals surface area contributed by atoms with Crippen molar-refractivity contribution in [3.05, 3.63) is 75.1 Å². The van der Waals surface area contributed by atoms with Crippen LogP contribution in [0.5, 0.6) is 5.75 Å². The van der Waals surface area contributed by atoms with Gasteiger partial charge in [0, 0.05) is 5.69 Å². The second-order valence-electron chi connectivity index (χ2n) is 5.35. The van der Waals surface area contributed by atoms with Gasteiger partial charge in [-0.25, -0.2) is 8.42 Å². The van der Waals surface area contributed by atoms with Gasteiger partial charge in [0.05, 0.1) is 28.9 Å². The first-order valence-electron chi connectivity index (χ1n) is 7.52. The molecule has 7 nitrogen and oxygen atoms in total. The van der Waals surface area contributed by atoms with E-state index in [2.05, 4.69) is 9.82 Å². The summed E-state index contributed by atoms with van der Waals surface area (Å²) in [5.41, 5.74) is 0.139. The predicted molar refractivity (Wildman–Crippen MR) is 104 cm³/mol. The number of nitrogens with one attached hydrogen (secondary N) is 1. The highest BCUT2D eigenvalue weighted by atomic mass is 35.5. The maximum atomic E-state index is 12.5. The summed E-state index contributed by atoms with van der Waals surface area (Å²) in [5, 5.41) is 3.78. The monoisotopic (exact) mass is 425 g/mol. The number of halogens is 2. The Hall–Kier alpha value is -2.55. The normalized spacial score (nSPS) is 11.2. The second-order valence-corrected chi connectivity index (χ2v) is 7.82. The van der Waals surface area contributed by atoms with Crippen LogP contribution in [0.2, 0.25) is 10.0 Å². The van der Waals surface area contributed by atoms with E-state index in [4.69, 9.17) is 27.9 Å². The van der Waals surface area contributed by atoms with E-state index in [1.165, 1.54) is 37.6 Å². The van der Waals surface area contributed by atoms with Crippen LogP contribution in [0.25, 0.3) is 5.69 Å². The molecule has 3 aromatic rings. The summed E-state index contributed by atoms with van der Waals surface area (Å²) in [7, 11) is -2.28. The standard InChI is InChI=1S/C17H13Cl2N3O4S/c1-26-13-6-2-11(3-7-13)21-27(24,25)14-8-4-12(5-9-14)22-17(23)16(19)15(18)10-20-22/h2-10,21H,1H3. The van der Waals surface area contributed by atoms with Crippen LogP contribution in [-0.2, 0) is 10.0 Å². The van der Waals surface area contributed by atoms with Crippen molar-refractivity contribution in [3.8, 4) is 11.4 Å². The van der Waals surface area contributed by atoms with Crippen LogP contribution in [-0.4, -0.2) is 25.3 Å². The van der Waals surface area contributed by atoms with E-state index in [1.54, 1.807) is 24.3 Å². The molecule has 27 heavy (non-hydrogen) atoms. The molecule has 0 saturated heterocycles. The minimum absolute atomic E-state index is 0.0233. The molecule has 10 heteroatoms. The van der Waals surface area contributed by atoms with Gasteiger partial charge in [0.2, 0.25) is 0 Å². The van der Waals surface area contributed by atoms with Gasteiger partial charge in [0.25, 0.3) is 15.6 Å². The highest BCUT2D eigenvalue weighted by molar-refractivity contribution is 7.92. The molecule has 2 aromatic carbocycles. The average molecular weight is 426 g/mol. The zero-order chi connectivity index (χ0) is 19.6. The number of rotatable bonds is 5. The van der Waals surface area contributed by atoms with Gasteiger partial charge in [-0.1, -0.05) is 23.2 Å². The van der Waals surface area contributed by atoms with Crippen molar-refractivity contribution in [2.45, 2.75) is 4.90 Å². The molecule has 0 unspecified atom stereocenters. The Morgan fingerprint density at radius 3 is 2.26 bits per heavy atom. The van der Waals surface area contributed by atoms with Crippen molar-refractivity contribution in [2.24, 2.45) is 0 Å². The SMILES string of the molecule is COc1ccc(NS(=O)(=O)c2ccc(-n3ncc(Cl)c(Cl)c3=O)cc2)cc1. The molecule has 0 amide bonds. The molecule has 0 aliphatic rings. The van der Waals surface area contributed by atoms with Crippen LogP contribution in [0.3, 0.4) is 0 Å². The Labute approximate surface area is 165 Å². The number of nitrogens with zero attached hydrogens (tertiary/aromatic N) is 2. The first-order valence-corrected chi connectivity index (χ1v) is 9.76. The molecule has 0 aliphatic heterocycles. The van der Waals surface area contributed by atoms with Crippen molar-refractivity contribution < 1.29 is 13.2 Å². The lowest BCUT2D eigenvalue weighted by Crippen LogP contribution is -2.21. The van der Waals surface area contributed by atoms with Gasteiger partial charge in [-0.2, -0.15) is 9.78 Å². The van der Waals surface area contributed by atoms with Gasteiger partial charge in [-0.3, -0.25) is 9.52 Å². The van der Waals surface area contributed by atoms with Gasteiger partial charge >= 0.3 is 0 Å². The fourth-order valence-corrected chi connectivity index (χ4v) is 3.55. The third kappa shape index (κ3) is 4.08. The summed E-state index contributed by atoms with van der Waals surface area (Å²) in [6.45, 7) is 0. The first kappa shape index (κ1) is 19.2. The number of anilines is 1. The van der Waals surface area contributed by atoms with E-state index in [0.717, 1.165) is 4.68 Å². The van der Waals surface area contributed by atoms with Gasteiger partial charge in [0.15, 0.2) is 0 Å². The minimum atomic E-state index is -3.80. The lowest BCUT2D eigenvalue weighted by atomic mass is 10.3. The van der Waals surface area contributed by atoms with Crippen molar-refractivity contribution in [2.75, 3.05) is 11.8 Å². The molecule has 0 fully saturated rings. The van der Waals surface area contributed by atoms with E-state index in [9.17, 15) is 13.2 Å². The first-order chi connectivity index (χ1) is 12.8. The topological polar surface area (TPSA) is 90.3 Å². The fraction of sp³-hybridized carbons (Fsp3) is 0.0588. The minimum Gasteiger partial charge on any atom is -0.497 e. The number of sulfonamides is 1. The number of aromatic nitrogens is 2. The van der Waals surface area contributed by atoms with E-state index in [0.29, 0.717) is 17.1 Å². The lowest BCUT2D eigenvalue weighted by molar-refractivity contribution is 0.415. The molecule has 140 valence electrons. The molecule has 0 bridgehead atoms. The Morgan fingerprint density at radius 1 is 1.04 bits per heavy atom. The number of ether oxygens (including phenoxy) is 1. The number of hydrogen-bond acceptors (Lipinski definition) is 5. The fourth-order valence-electron chi connectivity index (χ4n) is 2.24. The second kappa shape index (κ2) is 7.59. The van der Waals surface area contributed by atoms with Gasteiger partial charge < -0.3 is 4.74 Å². The van der Waals surface area contributed by atoms with Crippen LogP contribution in [0.1, 0.15) is 0 Å². The van der Waals surface area contributed by atoms with Crippen LogP contribution in [0.15, 0.2) is 64.4 Å². The number of benzene rings is 2. The Kier molecular flexibility index (Phi) is 5.41. The largest absolute Gasteiger partial charge is 0.497 e. The quantitative estimate of drug-likeness (QED) is 0.676. The Bertz CT molecular complexity index is 1130. The molecule has 1 aromatic heterocycles. The van der Waals surface area contributed by atoms with Gasteiger partial charge in [-0.15, -0.1) is 0 Å². The van der Waals surface area contributed by atoms with Crippen LogP contribution < -0.4 is 15.0 Å². The molecular weight excluding hydrogens is 413 g/mol. The lowest BCUT2D eigenvalue weighted by Gasteiger charge is -2.10. The average Bonchev–Trinajstić information content (AvgIpc) is 2.67. The summed E-state index contributed by atoms with van der Waals surface area (Å²) >= 11 is 11.6. The van der Waals surface area contributed by atoms with Crippen LogP contribution >= 0.6 is 23.2 Å². The molecule has 0 atom stereocenters. The summed E-state index contributed by atoms with van der Waals surface area (Å²) in [5.74, 6) is 0.613. The predicted octanol–water partition coefficient (Wildman–Crippen LogP) is 3.35. The Balaban J connectivity index is 1.88.